The Labute approximate surface area is 117 Å². The van der Waals surface area contributed by atoms with Gasteiger partial charge in [0.05, 0.1) is 18.5 Å². The van der Waals surface area contributed by atoms with Gasteiger partial charge in [0.25, 0.3) is 5.91 Å². The number of aryl methyl sites for hydroxylation is 1. The Bertz CT molecular complexity index is 481. The minimum absolute atomic E-state index is 0.152. The van der Waals surface area contributed by atoms with Crippen LogP contribution in [0.2, 0.25) is 0 Å². The molecule has 1 aromatic heterocycles. The maximum atomic E-state index is 12.2. The van der Waals surface area contributed by atoms with Crippen molar-refractivity contribution in [2.45, 2.75) is 13.8 Å². The molecule has 7 heteroatoms. The summed E-state index contributed by atoms with van der Waals surface area (Å²) in [5, 5.41) is 0. The van der Waals surface area contributed by atoms with E-state index in [4.69, 9.17) is 4.74 Å². The van der Waals surface area contributed by atoms with Crippen LogP contribution in [-0.4, -0.2) is 64.6 Å². The van der Waals surface area contributed by atoms with E-state index in [0.717, 1.165) is 5.69 Å². The monoisotopic (exact) mass is 278 g/mol. The molecule has 0 saturated carbocycles. The van der Waals surface area contributed by atoms with Gasteiger partial charge >= 0.3 is 6.09 Å². The van der Waals surface area contributed by atoms with E-state index < -0.39 is 0 Å². The molecule has 0 unspecified atom stereocenters. The SMILES string of the molecule is CCOC(=O)N1CCN(C(=O)c2cnc(C)cn2)CC1. The molecule has 0 aromatic carbocycles. The van der Waals surface area contributed by atoms with E-state index in [1.807, 2.05) is 6.92 Å². The number of carbonyl (C=O) groups is 2. The number of amides is 2. The molecular formula is C13H18N4O3. The van der Waals surface area contributed by atoms with E-state index in [9.17, 15) is 9.59 Å². The fourth-order valence-corrected chi connectivity index (χ4v) is 1.97. The van der Waals surface area contributed by atoms with Crippen molar-refractivity contribution in [2.75, 3.05) is 32.8 Å². The van der Waals surface area contributed by atoms with Crippen LogP contribution in [0.25, 0.3) is 0 Å². The Morgan fingerprint density at radius 1 is 1.15 bits per heavy atom. The molecule has 7 nitrogen and oxygen atoms in total. The standard InChI is InChI=1S/C13H18N4O3/c1-3-20-13(19)17-6-4-16(5-7-17)12(18)11-9-14-10(2)8-15-11/h8-9H,3-7H2,1-2H3. The average Bonchev–Trinajstić information content (AvgIpc) is 2.48. The van der Waals surface area contributed by atoms with Crippen molar-refractivity contribution in [1.29, 1.82) is 0 Å². The fraction of sp³-hybridized carbons (Fsp3) is 0.538. The molecule has 0 bridgehead atoms. The quantitative estimate of drug-likeness (QED) is 0.796. The lowest BCUT2D eigenvalue weighted by Crippen LogP contribution is -2.50. The van der Waals surface area contributed by atoms with Crippen LogP contribution in [0, 0.1) is 6.92 Å². The molecule has 20 heavy (non-hydrogen) atoms. The molecule has 1 fully saturated rings. The van der Waals surface area contributed by atoms with E-state index in [1.54, 1.807) is 22.9 Å². The van der Waals surface area contributed by atoms with Gasteiger partial charge in [-0.3, -0.25) is 9.78 Å². The predicted molar refractivity (Wildman–Crippen MR) is 71.3 cm³/mol. The third-order valence-corrected chi connectivity index (χ3v) is 3.09. The van der Waals surface area contributed by atoms with E-state index in [-0.39, 0.29) is 12.0 Å². The molecule has 0 spiro atoms. The molecule has 0 N–H and O–H groups in total. The van der Waals surface area contributed by atoms with E-state index >= 15 is 0 Å². The van der Waals surface area contributed by atoms with Gasteiger partial charge in [-0.15, -0.1) is 0 Å². The van der Waals surface area contributed by atoms with E-state index in [2.05, 4.69) is 9.97 Å². The van der Waals surface area contributed by atoms with Crippen molar-refractivity contribution in [3.63, 3.8) is 0 Å². The first-order valence-electron chi connectivity index (χ1n) is 6.61. The molecule has 108 valence electrons. The van der Waals surface area contributed by atoms with Crippen LogP contribution in [0.15, 0.2) is 12.4 Å². The van der Waals surface area contributed by atoms with Crippen LogP contribution in [0.5, 0.6) is 0 Å². The Hall–Kier alpha value is -2.18. The summed E-state index contributed by atoms with van der Waals surface area (Å²) in [7, 11) is 0. The third kappa shape index (κ3) is 3.23. The minimum Gasteiger partial charge on any atom is -0.450 e. The molecule has 1 aliphatic rings. The number of hydrogen-bond acceptors (Lipinski definition) is 5. The number of nitrogens with zero attached hydrogens (tertiary/aromatic N) is 4. The van der Waals surface area contributed by atoms with Gasteiger partial charge in [0.1, 0.15) is 5.69 Å². The predicted octanol–water partition coefficient (Wildman–Crippen LogP) is 0.699. The van der Waals surface area contributed by atoms with Crippen LogP contribution in [-0.2, 0) is 4.74 Å². The summed E-state index contributed by atoms with van der Waals surface area (Å²) in [6.45, 7) is 5.86. The molecule has 0 aliphatic carbocycles. The average molecular weight is 278 g/mol. The van der Waals surface area contributed by atoms with Crippen LogP contribution in [0.1, 0.15) is 23.1 Å². The highest BCUT2D eigenvalue weighted by Crippen LogP contribution is 2.07. The lowest BCUT2D eigenvalue weighted by molar-refractivity contribution is 0.0565. The Balaban J connectivity index is 1.92. The molecule has 0 radical (unpaired) electrons. The first kappa shape index (κ1) is 14.2. The van der Waals surface area contributed by atoms with Gasteiger partial charge in [0.2, 0.25) is 0 Å². The zero-order chi connectivity index (χ0) is 14.5. The summed E-state index contributed by atoms with van der Waals surface area (Å²) < 4.78 is 4.94. The number of hydrogen-bond donors (Lipinski definition) is 0. The smallest absolute Gasteiger partial charge is 0.409 e. The summed E-state index contributed by atoms with van der Waals surface area (Å²) in [5.41, 5.74) is 1.11. The second-order valence-electron chi connectivity index (χ2n) is 4.52. The lowest BCUT2D eigenvalue weighted by atomic mass is 10.3. The van der Waals surface area contributed by atoms with Crippen LogP contribution in [0.3, 0.4) is 0 Å². The number of rotatable bonds is 2. The summed E-state index contributed by atoms with van der Waals surface area (Å²) in [4.78, 5) is 35.2. The largest absolute Gasteiger partial charge is 0.450 e. The topological polar surface area (TPSA) is 75.6 Å². The summed E-state index contributed by atoms with van der Waals surface area (Å²) in [6.07, 6.45) is 2.73. The van der Waals surface area contributed by atoms with Crippen molar-refractivity contribution in [1.82, 2.24) is 19.8 Å². The zero-order valence-electron chi connectivity index (χ0n) is 11.7. The second-order valence-corrected chi connectivity index (χ2v) is 4.52. The van der Waals surface area contributed by atoms with Crippen LogP contribution < -0.4 is 0 Å². The molecule has 2 amide bonds. The zero-order valence-corrected chi connectivity index (χ0v) is 11.7. The number of aromatic nitrogens is 2. The van der Waals surface area contributed by atoms with Crippen molar-refractivity contribution in [3.05, 3.63) is 23.8 Å². The van der Waals surface area contributed by atoms with Gasteiger partial charge in [-0.1, -0.05) is 0 Å². The molecule has 2 heterocycles. The first-order valence-corrected chi connectivity index (χ1v) is 6.61. The maximum absolute atomic E-state index is 12.2. The van der Waals surface area contributed by atoms with Crippen molar-refractivity contribution < 1.29 is 14.3 Å². The molecule has 1 saturated heterocycles. The number of piperazine rings is 1. The minimum atomic E-state index is -0.324. The van der Waals surface area contributed by atoms with Crippen molar-refractivity contribution in [2.24, 2.45) is 0 Å². The van der Waals surface area contributed by atoms with Gasteiger partial charge in [-0.2, -0.15) is 0 Å². The molecule has 1 aromatic rings. The van der Waals surface area contributed by atoms with Gasteiger partial charge in [0, 0.05) is 32.4 Å². The molecule has 1 aliphatic heterocycles. The Kier molecular flexibility index (Phi) is 4.49. The highest BCUT2D eigenvalue weighted by Gasteiger charge is 2.26. The normalized spacial score (nSPS) is 15.1. The summed E-state index contributed by atoms with van der Waals surface area (Å²) >= 11 is 0. The van der Waals surface area contributed by atoms with Gasteiger partial charge in [-0.25, -0.2) is 9.78 Å². The Morgan fingerprint density at radius 3 is 2.35 bits per heavy atom. The highest BCUT2D eigenvalue weighted by atomic mass is 16.6. The maximum Gasteiger partial charge on any atom is 0.409 e. The van der Waals surface area contributed by atoms with Crippen molar-refractivity contribution in [3.8, 4) is 0 Å². The van der Waals surface area contributed by atoms with Gasteiger partial charge in [0.15, 0.2) is 0 Å². The van der Waals surface area contributed by atoms with Gasteiger partial charge in [-0.05, 0) is 13.8 Å². The molecule has 0 atom stereocenters. The van der Waals surface area contributed by atoms with Crippen LogP contribution >= 0.6 is 0 Å². The number of carbonyl (C=O) groups excluding carboxylic acids is 2. The fourth-order valence-electron chi connectivity index (χ4n) is 1.97. The molecule has 2 rings (SSSR count). The van der Waals surface area contributed by atoms with E-state index in [0.29, 0.717) is 38.5 Å². The van der Waals surface area contributed by atoms with Crippen LogP contribution in [0.4, 0.5) is 4.79 Å². The highest BCUT2D eigenvalue weighted by molar-refractivity contribution is 5.92. The molecular weight excluding hydrogens is 260 g/mol. The first-order chi connectivity index (χ1) is 9.61. The second kappa shape index (κ2) is 6.31. The summed E-state index contributed by atoms with van der Waals surface area (Å²) in [5.74, 6) is -0.152. The van der Waals surface area contributed by atoms with Crippen molar-refractivity contribution >= 4 is 12.0 Å². The lowest BCUT2D eigenvalue weighted by Gasteiger charge is -2.33. The van der Waals surface area contributed by atoms with E-state index in [1.165, 1.54) is 6.20 Å². The summed E-state index contributed by atoms with van der Waals surface area (Å²) in [6, 6.07) is 0. The van der Waals surface area contributed by atoms with Gasteiger partial charge < -0.3 is 14.5 Å². The third-order valence-electron chi connectivity index (χ3n) is 3.09. The number of ether oxygens (including phenoxy) is 1. The Morgan fingerprint density at radius 2 is 1.80 bits per heavy atom.